The summed E-state index contributed by atoms with van der Waals surface area (Å²) in [5, 5.41) is 0. The zero-order valence-corrected chi connectivity index (χ0v) is 10.7. The van der Waals surface area contributed by atoms with E-state index in [4.69, 9.17) is 0 Å². The monoisotopic (exact) mass is 202 g/mol. The number of hydrogen-bond acceptors (Lipinski definition) is 0. The zero-order valence-electron chi connectivity index (χ0n) is 9.15. The normalized spacial score (nSPS) is 9.17. The van der Waals surface area contributed by atoms with Crippen LogP contribution in [0.4, 0.5) is 0 Å². The van der Waals surface area contributed by atoms with Crippen molar-refractivity contribution < 1.29 is 21.7 Å². The Bertz CT molecular complexity index is 102. The Morgan fingerprint density at radius 1 is 1.00 bits per heavy atom. The van der Waals surface area contributed by atoms with Gasteiger partial charge in [0.2, 0.25) is 0 Å². The molecule has 1 heteroatoms. The molecule has 0 bridgehead atoms. The van der Waals surface area contributed by atoms with Crippen LogP contribution in [0.1, 0.15) is 6.42 Å². The molecule has 0 spiro atoms. The Morgan fingerprint density at radius 2 is 1.42 bits per heavy atom. The third-order valence-corrected chi connectivity index (χ3v) is 0.848. The molecule has 0 amide bonds. The molecule has 0 aliphatic heterocycles. The van der Waals surface area contributed by atoms with Crippen molar-refractivity contribution in [2.24, 2.45) is 0 Å². The SMILES string of the molecule is [CH2-]C1=CC=CC1.[CH3-].[CH3-].[CH3-].[CH3-].[CH3-].[Ti]. The minimum Gasteiger partial charge on any atom is -0.358 e. The van der Waals surface area contributed by atoms with Crippen LogP contribution in [0.25, 0.3) is 0 Å². The Balaban J connectivity index is -0.0000000150. The molecule has 0 radical (unpaired) electrons. The molecule has 0 saturated carbocycles. The molecule has 0 aromatic heterocycles. The summed E-state index contributed by atoms with van der Waals surface area (Å²) < 4.78 is 0. The maximum Gasteiger partial charge on any atom is 0 e. The number of allylic oxidation sites excluding steroid dienone is 4. The summed E-state index contributed by atoms with van der Waals surface area (Å²) in [6.07, 6.45) is 7.21. The topological polar surface area (TPSA) is 0 Å². The fourth-order valence-corrected chi connectivity index (χ4v) is 0.492. The van der Waals surface area contributed by atoms with Gasteiger partial charge in [0.25, 0.3) is 0 Å². The van der Waals surface area contributed by atoms with E-state index in [0.29, 0.717) is 0 Å². The van der Waals surface area contributed by atoms with Crippen LogP contribution in [0.2, 0.25) is 0 Å². The smallest absolute Gasteiger partial charge is 0 e. The van der Waals surface area contributed by atoms with Gasteiger partial charge in [0.1, 0.15) is 0 Å². The minimum absolute atomic E-state index is 0. The second-order valence-electron chi connectivity index (χ2n) is 1.46. The predicted octanol–water partition coefficient (Wildman–Crippen LogP) is 3.96. The molecule has 0 fully saturated rings. The molecule has 12 heavy (non-hydrogen) atoms. The molecule has 0 saturated heterocycles. The molecule has 1 aliphatic carbocycles. The summed E-state index contributed by atoms with van der Waals surface area (Å²) in [5.74, 6) is 0. The van der Waals surface area contributed by atoms with Crippen molar-refractivity contribution in [3.63, 3.8) is 0 Å². The molecule has 1 rings (SSSR count). The van der Waals surface area contributed by atoms with Gasteiger partial charge in [-0.3, -0.25) is 0 Å². The summed E-state index contributed by atoms with van der Waals surface area (Å²) in [6, 6.07) is 0. The first kappa shape index (κ1) is 40.2. The molecular weight excluding hydrogens is 180 g/mol. The van der Waals surface area contributed by atoms with Crippen molar-refractivity contribution in [3.8, 4) is 0 Å². The second-order valence-corrected chi connectivity index (χ2v) is 1.46. The van der Waals surface area contributed by atoms with E-state index in [9.17, 15) is 0 Å². The molecule has 0 atom stereocenters. The van der Waals surface area contributed by atoms with Gasteiger partial charge >= 0.3 is 0 Å². The number of rotatable bonds is 0. The van der Waals surface area contributed by atoms with Gasteiger partial charge < -0.3 is 37.1 Å². The summed E-state index contributed by atoms with van der Waals surface area (Å²) in [6.45, 7) is 3.74. The summed E-state index contributed by atoms with van der Waals surface area (Å²) in [7, 11) is 0. The molecule has 0 heterocycles. The Kier molecular flexibility index (Phi) is 75.2. The van der Waals surface area contributed by atoms with E-state index in [1.807, 2.05) is 12.2 Å². The Labute approximate surface area is 96.0 Å². The zero-order chi connectivity index (χ0) is 4.41. The minimum atomic E-state index is 0. The van der Waals surface area contributed by atoms with Gasteiger partial charge in [0, 0.05) is 21.7 Å². The first-order valence-corrected chi connectivity index (χ1v) is 2.07. The summed E-state index contributed by atoms with van der Waals surface area (Å²) in [5.41, 5.74) is 1.22. The van der Waals surface area contributed by atoms with Crippen molar-refractivity contribution in [1.82, 2.24) is 0 Å². The average molecular weight is 202 g/mol. The number of hydrogen-bond donors (Lipinski definition) is 0. The van der Waals surface area contributed by atoms with Crippen LogP contribution in [-0.4, -0.2) is 0 Å². The van der Waals surface area contributed by atoms with Crippen LogP contribution in [0.15, 0.2) is 23.8 Å². The summed E-state index contributed by atoms with van der Waals surface area (Å²) in [4.78, 5) is 0. The van der Waals surface area contributed by atoms with Gasteiger partial charge in [0.15, 0.2) is 0 Å². The predicted molar refractivity (Wildman–Crippen MR) is 59.3 cm³/mol. The molecule has 0 aromatic carbocycles. The van der Waals surface area contributed by atoms with Crippen LogP contribution in [0.5, 0.6) is 0 Å². The van der Waals surface area contributed by atoms with Gasteiger partial charge in [-0.25, -0.2) is 18.6 Å². The van der Waals surface area contributed by atoms with E-state index in [2.05, 4.69) is 13.0 Å². The van der Waals surface area contributed by atoms with E-state index in [1.165, 1.54) is 5.57 Å². The van der Waals surface area contributed by atoms with Gasteiger partial charge in [-0.15, -0.1) is 12.2 Å². The fraction of sp³-hybridized carbons (Fsp3) is 0.0909. The van der Waals surface area contributed by atoms with Crippen molar-refractivity contribution in [1.29, 1.82) is 0 Å². The molecule has 0 nitrogen and oxygen atoms in total. The van der Waals surface area contributed by atoms with Crippen LogP contribution in [0, 0.1) is 44.1 Å². The first-order chi connectivity index (χ1) is 2.89. The van der Waals surface area contributed by atoms with Crippen molar-refractivity contribution in [2.45, 2.75) is 6.42 Å². The van der Waals surface area contributed by atoms with Crippen molar-refractivity contribution >= 4 is 0 Å². The van der Waals surface area contributed by atoms with Gasteiger partial charge in [0.05, 0.1) is 0 Å². The van der Waals surface area contributed by atoms with E-state index in [-0.39, 0.29) is 58.9 Å². The standard InChI is InChI=1S/C6H7.5CH3.Ti/c1-6-4-2-3-5-6;;;;;;/h2-4H,1,5H2;5*1H3;/q6*-1;. The fourth-order valence-electron chi connectivity index (χ4n) is 0.492. The van der Waals surface area contributed by atoms with E-state index in [1.54, 1.807) is 0 Å². The maximum atomic E-state index is 3.74. The van der Waals surface area contributed by atoms with E-state index < -0.39 is 0 Å². The van der Waals surface area contributed by atoms with Gasteiger partial charge in [-0.05, 0) is 6.42 Å². The van der Waals surface area contributed by atoms with E-state index >= 15 is 0 Å². The van der Waals surface area contributed by atoms with Gasteiger partial charge in [-0.2, -0.15) is 0 Å². The molecule has 1 aliphatic rings. The van der Waals surface area contributed by atoms with Crippen molar-refractivity contribution in [2.75, 3.05) is 0 Å². The third-order valence-electron chi connectivity index (χ3n) is 0.848. The Hall–Kier alpha value is 0.0643. The van der Waals surface area contributed by atoms with Crippen LogP contribution in [-0.2, 0) is 21.7 Å². The first-order valence-electron chi connectivity index (χ1n) is 2.07. The Morgan fingerprint density at radius 3 is 1.50 bits per heavy atom. The van der Waals surface area contributed by atoms with Crippen molar-refractivity contribution in [3.05, 3.63) is 67.9 Å². The third kappa shape index (κ3) is 16.6. The van der Waals surface area contributed by atoms with Crippen LogP contribution < -0.4 is 0 Å². The largest absolute Gasteiger partial charge is 0.358 e. The van der Waals surface area contributed by atoms with E-state index in [0.717, 1.165) is 6.42 Å². The molecule has 76 valence electrons. The molecule has 0 N–H and O–H groups in total. The van der Waals surface area contributed by atoms with Crippen LogP contribution in [0.3, 0.4) is 0 Å². The quantitative estimate of drug-likeness (QED) is 0.412. The van der Waals surface area contributed by atoms with Crippen LogP contribution >= 0.6 is 0 Å². The molecule has 0 aromatic rings. The second kappa shape index (κ2) is 22.5. The molecule has 0 unspecified atom stereocenters. The average Bonchev–Trinajstić information content (AvgIpc) is 1.86. The van der Waals surface area contributed by atoms with Gasteiger partial charge in [-0.1, -0.05) is 0 Å². The maximum absolute atomic E-state index is 3.74. The molecular formula is C11H22Ti-6. The summed E-state index contributed by atoms with van der Waals surface area (Å²) >= 11 is 0.